The van der Waals surface area contributed by atoms with Gasteiger partial charge in [0.1, 0.15) is 0 Å². The first-order valence-corrected chi connectivity index (χ1v) is 5.46. The van der Waals surface area contributed by atoms with Crippen molar-refractivity contribution in [3.8, 4) is 0 Å². The largest absolute Gasteiger partial charge is 0.359 e. The van der Waals surface area contributed by atoms with Crippen LogP contribution < -0.4 is 5.32 Å². The zero-order chi connectivity index (χ0) is 11.4. The number of allylic oxidation sites excluding steroid dienone is 2. The summed E-state index contributed by atoms with van der Waals surface area (Å²) in [5, 5.41) is 13.8. The van der Waals surface area contributed by atoms with Crippen LogP contribution in [0.4, 0.5) is 11.4 Å². The van der Waals surface area contributed by atoms with Crippen LogP contribution in [0, 0.1) is 10.1 Å². The van der Waals surface area contributed by atoms with Gasteiger partial charge in [0, 0.05) is 23.5 Å². The quantitative estimate of drug-likeness (QED) is 0.624. The summed E-state index contributed by atoms with van der Waals surface area (Å²) in [6.45, 7) is 0. The maximum absolute atomic E-state index is 10.5. The monoisotopic (exact) mass is 218 g/mol. The third kappa shape index (κ3) is 2.59. The molecule has 84 valence electrons. The van der Waals surface area contributed by atoms with Gasteiger partial charge in [0.05, 0.1) is 4.92 Å². The van der Waals surface area contributed by atoms with Crippen molar-refractivity contribution in [3.05, 3.63) is 46.2 Å². The predicted molar refractivity (Wildman–Crippen MR) is 63.3 cm³/mol. The van der Waals surface area contributed by atoms with Crippen LogP contribution in [-0.2, 0) is 0 Å². The Kier molecular flexibility index (Phi) is 3.19. The molecule has 0 heterocycles. The molecule has 1 N–H and O–H groups in total. The summed E-state index contributed by atoms with van der Waals surface area (Å²) in [5.74, 6) is 0. The SMILES string of the molecule is O=[N+]([O-])c1ccc(NC2=CCCCC2)cc1. The summed E-state index contributed by atoms with van der Waals surface area (Å²) in [4.78, 5) is 10.1. The molecule has 0 amide bonds. The number of nitro benzene ring substituents is 1. The van der Waals surface area contributed by atoms with E-state index in [0.29, 0.717) is 0 Å². The highest BCUT2D eigenvalue weighted by Crippen LogP contribution is 2.21. The molecule has 0 unspecified atom stereocenters. The fraction of sp³-hybridized carbons (Fsp3) is 0.333. The average molecular weight is 218 g/mol. The maximum atomic E-state index is 10.5. The molecule has 0 radical (unpaired) electrons. The van der Waals surface area contributed by atoms with Crippen LogP contribution in [0.3, 0.4) is 0 Å². The van der Waals surface area contributed by atoms with Gasteiger partial charge in [-0.1, -0.05) is 6.08 Å². The van der Waals surface area contributed by atoms with E-state index in [9.17, 15) is 10.1 Å². The number of anilines is 1. The van der Waals surface area contributed by atoms with Crippen molar-refractivity contribution in [1.82, 2.24) is 0 Å². The minimum absolute atomic E-state index is 0.128. The van der Waals surface area contributed by atoms with Crippen molar-refractivity contribution in [1.29, 1.82) is 0 Å². The normalized spacial score (nSPS) is 15.4. The Balaban J connectivity index is 2.04. The topological polar surface area (TPSA) is 55.2 Å². The Morgan fingerprint density at radius 1 is 1.19 bits per heavy atom. The summed E-state index contributed by atoms with van der Waals surface area (Å²) in [7, 11) is 0. The third-order valence-corrected chi connectivity index (χ3v) is 2.67. The average Bonchev–Trinajstić information content (AvgIpc) is 2.31. The lowest BCUT2D eigenvalue weighted by atomic mass is 10.0. The molecule has 0 bridgehead atoms. The highest BCUT2D eigenvalue weighted by Gasteiger charge is 2.06. The standard InChI is InChI=1S/C12H14N2O2/c15-14(16)12-8-6-11(7-9-12)13-10-4-2-1-3-5-10/h4,6-9,13H,1-3,5H2. The van der Waals surface area contributed by atoms with Gasteiger partial charge in [0.25, 0.3) is 5.69 Å². The van der Waals surface area contributed by atoms with Crippen LogP contribution in [-0.4, -0.2) is 4.92 Å². The molecule has 0 saturated carbocycles. The van der Waals surface area contributed by atoms with Crippen LogP contribution in [0.2, 0.25) is 0 Å². The first-order valence-electron chi connectivity index (χ1n) is 5.46. The first kappa shape index (κ1) is 10.7. The van der Waals surface area contributed by atoms with E-state index >= 15 is 0 Å². The van der Waals surface area contributed by atoms with Crippen molar-refractivity contribution >= 4 is 11.4 Å². The van der Waals surface area contributed by atoms with Gasteiger partial charge in [-0.3, -0.25) is 10.1 Å². The highest BCUT2D eigenvalue weighted by atomic mass is 16.6. The lowest BCUT2D eigenvalue weighted by Gasteiger charge is -2.14. The zero-order valence-corrected chi connectivity index (χ0v) is 8.98. The van der Waals surface area contributed by atoms with Crippen LogP contribution in [0.1, 0.15) is 25.7 Å². The summed E-state index contributed by atoms with van der Waals surface area (Å²) in [5.41, 5.74) is 2.27. The summed E-state index contributed by atoms with van der Waals surface area (Å²) >= 11 is 0. The molecule has 1 aliphatic carbocycles. The summed E-state index contributed by atoms with van der Waals surface area (Å²) < 4.78 is 0. The van der Waals surface area contributed by atoms with E-state index in [1.165, 1.54) is 30.7 Å². The third-order valence-electron chi connectivity index (χ3n) is 2.67. The van der Waals surface area contributed by atoms with Crippen LogP contribution in [0.15, 0.2) is 36.0 Å². The van der Waals surface area contributed by atoms with E-state index < -0.39 is 0 Å². The molecule has 0 spiro atoms. The van der Waals surface area contributed by atoms with Crippen molar-refractivity contribution in [3.63, 3.8) is 0 Å². The van der Waals surface area contributed by atoms with Gasteiger partial charge in [-0.05, 0) is 37.8 Å². The predicted octanol–water partition coefficient (Wildman–Crippen LogP) is 3.46. The number of nitrogens with zero attached hydrogens (tertiary/aromatic N) is 1. The summed E-state index contributed by atoms with van der Waals surface area (Å²) in [6, 6.07) is 6.53. The number of benzene rings is 1. The summed E-state index contributed by atoms with van der Waals surface area (Å²) in [6.07, 6.45) is 6.86. The molecule has 16 heavy (non-hydrogen) atoms. The molecule has 0 fully saturated rings. The van der Waals surface area contributed by atoms with Crippen LogP contribution >= 0.6 is 0 Å². The van der Waals surface area contributed by atoms with Crippen molar-refractivity contribution in [2.24, 2.45) is 0 Å². The molecule has 0 atom stereocenters. The molecule has 1 aromatic carbocycles. The Morgan fingerprint density at radius 3 is 2.50 bits per heavy atom. The van der Waals surface area contributed by atoms with Gasteiger partial charge in [0.2, 0.25) is 0 Å². The molecule has 1 aliphatic rings. The van der Waals surface area contributed by atoms with E-state index in [0.717, 1.165) is 18.5 Å². The second-order valence-corrected chi connectivity index (χ2v) is 3.90. The number of nitrogens with one attached hydrogen (secondary N) is 1. The van der Waals surface area contributed by atoms with Gasteiger partial charge >= 0.3 is 0 Å². The Hall–Kier alpha value is -1.84. The Bertz CT molecular complexity index is 410. The van der Waals surface area contributed by atoms with E-state index in [2.05, 4.69) is 11.4 Å². The number of hydrogen-bond acceptors (Lipinski definition) is 3. The molecule has 4 heteroatoms. The first-order chi connectivity index (χ1) is 7.75. The number of non-ortho nitro benzene ring substituents is 1. The number of hydrogen-bond donors (Lipinski definition) is 1. The second kappa shape index (κ2) is 4.79. The van der Waals surface area contributed by atoms with Crippen LogP contribution in [0.5, 0.6) is 0 Å². The lowest BCUT2D eigenvalue weighted by molar-refractivity contribution is -0.384. The molecule has 0 aliphatic heterocycles. The van der Waals surface area contributed by atoms with E-state index in [4.69, 9.17) is 0 Å². The molecule has 4 nitrogen and oxygen atoms in total. The van der Waals surface area contributed by atoms with Gasteiger partial charge in [-0.2, -0.15) is 0 Å². The van der Waals surface area contributed by atoms with E-state index in [-0.39, 0.29) is 10.6 Å². The molecule has 0 aromatic heterocycles. The van der Waals surface area contributed by atoms with Gasteiger partial charge in [0.15, 0.2) is 0 Å². The molecule has 2 rings (SSSR count). The molecule has 1 aromatic rings. The maximum Gasteiger partial charge on any atom is 0.269 e. The molecule has 0 saturated heterocycles. The lowest BCUT2D eigenvalue weighted by Crippen LogP contribution is -2.02. The number of rotatable bonds is 3. The molecular formula is C12H14N2O2. The van der Waals surface area contributed by atoms with Crippen LogP contribution in [0.25, 0.3) is 0 Å². The minimum Gasteiger partial charge on any atom is -0.359 e. The smallest absolute Gasteiger partial charge is 0.269 e. The van der Waals surface area contributed by atoms with E-state index in [1.807, 2.05) is 0 Å². The minimum atomic E-state index is -0.385. The second-order valence-electron chi connectivity index (χ2n) is 3.90. The Labute approximate surface area is 94.1 Å². The van der Waals surface area contributed by atoms with Crippen molar-refractivity contribution in [2.45, 2.75) is 25.7 Å². The zero-order valence-electron chi connectivity index (χ0n) is 8.98. The Morgan fingerprint density at radius 2 is 1.94 bits per heavy atom. The fourth-order valence-corrected chi connectivity index (χ4v) is 1.80. The number of nitro groups is 1. The van der Waals surface area contributed by atoms with Gasteiger partial charge < -0.3 is 5.32 Å². The fourth-order valence-electron chi connectivity index (χ4n) is 1.80. The van der Waals surface area contributed by atoms with Crippen molar-refractivity contribution < 1.29 is 4.92 Å². The van der Waals surface area contributed by atoms with Gasteiger partial charge in [-0.25, -0.2) is 0 Å². The van der Waals surface area contributed by atoms with E-state index in [1.54, 1.807) is 12.1 Å². The highest BCUT2D eigenvalue weighted by molar-refractivity contribution is 5.52. The van der Waals surface area contributed by atoms with Crippen molar-refractivity contribution in [2.75, 3.05) is 5.32 Å². The molecular weight excluding hydrogens is 204 g/mol. The van der Waals surface area contributed by atoms with Gasteiger partial charge in [-0.15, -0.1) is 0 Å².